The summed E-state index contributed by atoms with van der Waals surface area (Å²) >= 11 is 2.32. The van der Waals surface area contributed by atoms with E-state index in [1.165, 1.54) is 124 Å². The average molecular weight is 1730 g/mol. The molecular weight excluding hydrogens is 1600 g/mol. The summed E-state index contributed by atoms with van der Waals surface area (Å²) in [5.74, 6) is -10.1. The quantitative estimate of drug-likeness (QED) is 0.0274. The molecule has 0 saturated carbocycles. The van der Waals surface area contributed by atoms with Gasteiger partial charge in [-0.15, -0.1) is 0 Å². The van der Waals surface area contributed by atoms with Crippen molar-refractivity contribution in [3.8, 4) is 0 Å². The van der Waals surface area contributed by atoms with Crippen LogP contribution in [0.5, 0.6) is 0 Å². The van der Waals surface area contributed by atoms with Gasteiger partial charge in [-0.3, -0.25) is 57.5 Å². The third-order valence-corrected chi connectivity index (χ3v) is 19.9. The van der Waals surface area contributed by atoms with Gasteiger partial charge in [0.15, 0.2) is 67.7 Å². The molecule has 2 amide bonds. The normalized spacial score (nSPS) is 23.5. The summed E-state index contributed by atoms with van der Waals surface area (Å²) < 4.78 is 103. The van der Waals surface area contributed by atoms with Crippen LogP contribution in [0, 0.1) is 3.57 Å². The van der Waals surface area contributed by atoms with Crippen LogP contribution in [0.2, 0.25) is 0 Å². The second kappa shape index (κ2) is 56.6. The SMILES string of the molecule is CCCCCCCCCCCCCCCCOCC(CN(CCO[C@@H]1O[C@H](CO[C@H]2O[C@H](COC(C)=O)[C@@H](OC(C)=O)[C@H](OC(C)=O)[C@@H]2O[C@@H]2O[C@H](COC(C)=O)[C@@H](OC(C)=O)[C@H](OC(C)=O)[C@H]2NC(C)=O)[C@@H](OC(C)=O)[C@H](OC(C)=O)[C@H]1OC(C)=O)C(=O)CCCCCCCCCCCCCCc1ccc([125I])cc1)OC(C)=O. The van der Waals surface area contributed by atoms with Crippen molar-refractivity contribution in [2.24, 2.45) is 0 Å². The highest BCUT2D eigenvalue weighted by atomic mass is 125. The van der Waals surface area contributed by atoms with Crippen LogP contribution in [0.1, 0.15) is 262 Å². The molecule has 3 fully saturated rings. The molecule has 32 heteroatoms. The third-order valence-electron chi connectivity index (χ3n) is 19.1. The van der Waals surface area contributed by atoms with E-state index in [1.807, 2.05) is 0 Å². The Labute approximate surface area is 686 Å². The van der Waals surface area contributed by atoms with Gasteiger partial charge in [0.2, 0.25) is 11.8 Å². The molecule has 0 bridgehead atoms. The van der Waals surface area contributed by atoms with E-state index >= 15 is 0 Å². The first kappa shape index (κ1) is 99.7. The first-order valence-electron chi connectivity index (χ1n) is 40.8. The van der Waals surface area contributed by atoms with Gasteiger partial charge < -0.3 is 90.7 Å². The molecular formula is C82H129IN2O29. The third kappa shape index (κ3) is 40.9. The fourth-order valence-electron chi connectivity index (χ4n) is 14.0. The van der Waals surface area contributed by atoms with E-state index in [-0.39, 0.29) is 32.0 Å². The molecule has 0 spiro atoms. The van der Waals surface area contributed by atoms with Crippen molar-refractivity contribution in [2.45, 2.75) is 361 Å². The summed E-state index contributed by atoms with van der Waals surface area (Å²) in [5.41, 5.74) is 1.38. The van der Waals surface area contributed by atoms with Gasteiger partial charge in [-0.25, -0.2) is 0 Å². The molecule has 1 unspecified atom stereocenters. The Kier molecular flexibility index (Phi) is 49.5. The minimum Gasteiger partial charge on any atom is -0.463 e. The highest BCUT2D eigenvalue weighted by Crippen LogP contribution is 2.37. The van der Waals surface area contributed by atoms with Crippen molar-refractivity contribution in [3.63, 3.8) is 0 Å². The van der Waals surface area contributed by atoms with Crippen LogP contribution < -0.4 is 5.32 Å². The van der Waals surface area contributed by atoms with E-state index in [9.17, 15) is 57.5 Å². The maximum atomic E-state index is 14.6. The number of halogens is 1. The van der Waals surface area contributed by atoms with E-state index < -0.39 is 190 Å². The number of hydrogen-bond donors (Lipinski definition) is 1. The summed E-state index contributed by atoms with van der Waals surface area (Å²) in [5, 5.41) is 2.57. The predicted octanol–water partition coefficient (Wildman–Crippen LogP) is 10.9. The first-order chi connectivity index (χ1) is 54.5. The van der Waals surface area contributed by atoms with Gasteiger partial charge in [0.05, 0.1) is 26.4 Å². The van der Waals surface area contributed by atoms with Gasteiger partial charge in [0.1, 0.15) is 43.7 Å². The molecule has 3 aliphatic rings. The molecule has 1 aromatic carbocycles. The fraction of sp³-hybridized carbons (Fsp3) is 0.780. The van der Waals surface area contributed by atoms with E-state index in [1.54, 1.807) is 0 Å². The number of esters is 10. The first-order valence-corrected chi connectivity index (χ1v) is 41.9. The Morgan fingerprint density at radius 1 is 0.404 bits per heavy atom. The van der Waals surface area contributed by atoms with Crippen molar-refractivity contribution in [1.29, 1.82) is 0 Å². The van der Waals surface area contributed by atoms with Gasteiger partial charge in [0.25, 0.3) is 0 Å². The summed E-state index contributed by atoms with van der Waals surface area (Å²) in [6.07, 6.45) is 4.75. The number of carbonyl (C=O) groups excluding carboxylic acids is 12. The lowest BCUT2D eigenvalue weighted by Gasteiger charge is -2.49. The van der Waals surface area contributed by atoms with Crippen LogP contribution in [0.15, 0.2) is 24.3 Å². The van der Waals surface area contributed by atoms with Crippen molar-refractivity contribution in [2.75, 3.05) is 52.7 Å². The molecule has 1 aromatic rings. The number of aryl methyl sites for hydroxylation is 1. The molecule has 0 radical (unpaired) electrons. The van der Waals surface area contributed by atoms with Gasteiger partial charge in [-0.1, -0.05) is 167 Å². The van der Waals surface area contributed by atoms with E-state index in [2.05, 4.69) is 59.1 Å². The number of hydrogen-bond acceptors (Lipinski definition) is 29. The Hall–Kier alpha value is -6.69. The maximum absolute atomic E-state index is 14.6. The molecule has 3 heterocycles. The number of rotatable bonds is 56. The summed E-state index contributed by atoms with van der Waals surface area (Å²) in [4.78, 5) is 159. The number of ether oxygens (including phenoxy) is 17. The molecule has 4 rings (SSSR count). The molecule has 648 valence electrons. The lowest BCUT2D eigenvalue weighted by atomic mass is 9.94. The molecule has 31 nitrogen and oxygen atoms in total. The second-order valence-electron chi connectivity index (χ2n) is 29.4. The summed E-state index contributed by atoms with van der Waals surface area (Å²) in [7, 11) is 0. The Morgan fingerprint density at radius 3 is 1.24 bits per heavy atom. The number of benzene rings is 1. The predicted molar refractivity (Wildman–Crippen MR) is 419 cm³/mol. The zero-order chi connectivity index (χ0) is 83.9. The number of unbranched alkanes of at least 4 members (excludes halogenated alkanes) is 24. The zero-order valence-electron chi connectivity index (χ0n) is 69.2. The van der Waals surface area contributed by atoms with Gasteiger partial charge in [-0.05, 0) is 66.0 Å². The maximum Gasteiger partial charge on any atom is 0.303 e. The van der Waals surface area contributed by atoms with Crippen molar-refractivity contribution in [1.82, 2.24) is 10.2 Å². The van der Waals surface area contributed by atoms with E-state index in [0.29, 0.717) is 13.0 Å². The monoisotopic (exact) mass is 1730 g/mol. The minimum atomic E-state index is -2.01. The van der Waals surface area contributed by atoms with Crippen LogP contribution >= 0.6 is 22.6 Å². The number of amides is 2. The number of nitrogens with zero attached hydrogens (tertiary/aromatic N) is 1. The molecule has 16 atom stereocenters. The molecule has 3 aliphatic heterocycles. The molecule has 3 saturated heterocycles. The average Bonchev–Trinajstić information content (AvgIpc) is 0.768. The molecule has 0 aromatic heterocycles. The van der Waals surface area contributed by atoms with Crippen molar-refractivity contribution < 1.29 is 138 Å². The highest BCUT2D eigenvalue weighted by molar-refractivity contribution is 14.1. The highest BCUT2D eigenvalue weighted by Gasteiger charge is 2.59. The van der Waals surface area contributed by atoms with E-state index in [0.717, 1.165) is 133 Å². The van der Waals surface area contributed by atoms with E-state index in [4.69, 9.17) is 80.5 Å². The smallest absolute Gasteiger partial charge is 0.303 e. The van der Waals surface area contributed by atoms with Crippen LogP contribution in [-0.2, 0) is 144 Å². The standard InChI is InChI=1S/C82H129IN2O29/c1-13-14-15-16-17-18-19-20-23-26-29-32-35-38-46-98-49-66(103-56(5)89)48-85(70(97)40-37-34-31-28-25-22-21-24-27-30-33-36-39-64-41-43-65(83)44-42-64)45-47-99-81-78(110-63(12)96)76(108-61(10)94)74(106-59(8)92)69(112-81)52-102-82-79(77(109-62(11)95)73(105-58(7)91)68(113-82)51-101-55(4)88)114-80-71(84-53(2)86)75(107-60(9)93)72(104-57(6)90)67(111-80)50-100-54(3)87/h41-44,66-69,71-82H,13-40,45-52H2,1-12H3,(H,84,86)/t66?,67-,68-,69-,71-,72-,73-,74-,75-,76+,77+,78-,79+,80+,81-,82+/m1/s1/i83-2. The molecule has 1 N–H and O–H groups in total. The van der Waals surface area contributed by atoms with Gasteiger partial charge in [0, 0.05) is 99.3 Å². The van der Waals surface area contributed by atoms with Crippen LogP contribution in [0.25, 0.3) is 0 Å². The summed E-state index contributed by atoms with van der Waals surface area (Å²) in [6, 6.07) is 7.02. The minimum absolute atomic E-state index is 0.0291. The summed E-state index contributed by atoms with van der Waals surface area (Å²) in [6.45, 7) is 11.2. The Morgan fingerprint density at radius 2 is 0.789 bits per heavy atom. The van der Waals surface area contributed by atoms with Crippen LogP contribution in [0.4, 0.5) is 0 Å². The van der Waals surface area contributed by atoms with Crippen LogP contribution in [-0.4, -0.2) is 227 Å². The lowest BCUT2D eigenvalue weighted by molar-refractivity contribution is -0.364. The van der Waals surface area contributed by atoms with Gasteiger partial charge >= 0.3 is 59.7 Å². The second-order valence-corrected chi connectivity index (χ2v) is 30.6. The topological polar surface area (TPSA) is 377 Å². The molecule has 114 heavy (non-hydrogen) atoms. The van der Waals surface area contributed by atoms with Gasteiger partial charge in [-0.2, -0.15) is 0 Å². The number of nitrogens with one attached hydrogen (secondary N) is 1. The Bertz CT molecular complexity index is 3070. The zero-order valence-corrected chi connectivity index (χ0v) is 71.3. The number of carbonyl (C=O) groups is 12. The van der Waals surface area contributed by atoms with Crippen molar-refractivity contribution >= 4 is 94.1 Å². The largest absolute Gasteiger partial charge is 0.463 e. The Balaban J connectivity index is 1.67. The van der Waals surface area contributed by atoms with Crippen LogP contribution in [0.3, 0.4) is 0 Å². The van der Waals surface area contributed by atoms with Crippen molar-refractivity contribution in [3.05, 3.63) is 33.4 Å². The fourth-order valence-corrected chi connectivity index (χ4v) is 14.4. The lowest BCUT2D eigenvalue weighted by Crippen LogP contribution is -2.69. The molecule has 0 aliphatic carbocycles.